The first kappa shape index (κ1) is 11.9. The summed E-state index contributed by atoms with van der Waals surface area (Å²) in [6, 6.07) is 0. The number of allylic oxidation sites excluding steroid dienone is 2. The zero-order chi connectivity index (χ0) is 10.4. The van der Waals surface area contributed by atoms with Crippen molar-refractivity contribution in [2.75, 3.05) is 0 Å². The van der Waals surface area contributed by atoms with Gasteiger partial charge in [-0.05, 0) is 37.0 Å². The SMILES string of the molecule is C=C(CC)CCC(=C)SC1CCCC1. The summed E-state index contributed by atoms with van der Waals surface area (Å²) in [7, 11) is 0. The van der Waals surface area contributed by atoms with Crippen LogP contribution < -0.4 is 0 Å². The van der Waals surface area contributed by atoms with Crippen LogP contribution in [0.1, 0.15) is 51.9 Å². The molecule has 0 radical (unpaired) electrons. The highest BCUT2D eigenvalue weighted by atomic mass is 32.2. The van der Waals surface area contributed by atoms with Gasteiger partial charge in [-0.15, -0.1) is 11.8 Å². The summed E-state index contributed by atoms with van der Waals surface area (Å²) in [5, 5.41) is 0.873. The van der Waals surface area contributed by atoms with E-state index in [1.165, 1.54) is 36.2 Å². The molecule has 0 bridgehead atoms. The van der Waals surface area contributed by atoms with E-state index in [9.17, 15) is 0 Å². The molecule has 1 heteroatoms. The highest BCUT2D eigenvalue weighted by molar-refractivity contribution is 8.03. The number of thioether (sulfide) groups is 1. The first-order valence-electron chi connectivity index (χ1n) is 5.73. The molecule has 1 saturated carbocycles. The Morgan fingerprint density at radius 3 is 2.43 bits per heavy atom. The van der Waals surface area contributed by atoms with Crippen molar-refractivity contribution < 1.29 is 0 Å². The van der Waals surface area contributed by atoms with Gasteiger partial charge in [0.2, 0.25) is 0 Å². The van der Waals surface area contributed by atoms with Crippen LogP contribution in [-0.4, -0.2) is 5.25 Å². The predicted octanol–water partition coefficient (Wildman–Crippen LogP) is 4.92. The Bertz CT molecular complexity index is 199. The van der Waals surface area contributed by atoms with Crippen LogP contribution in [0.25, 0.3) is 0 Å². The summed E-state index contributed by atoms with van der Waals surface area (Å²) in [4.78, 5) is 1.37. The van der Waals surface area contributed by atoms with Gasteiger partial charge >= 0.3 is 0 Å². The van der Waals surface area contributed by atoms with Gasteiger partial charge in [-0.1, -0.05) is 38.5 Å². The quantitative estimate of drug-likeness (QED) is 0.561. The van der Waals surface area contributed by atoms with E-state index >= 15 is 0 Å². The molecule has 0 atom stereocenters. The fourth-order valence-corrected chi connectivity index (χ4v) is 3.05. The van der Waals surface area contributed by atoms with E-state index in [4.69, 9.17) is 0 Å². The lowest BCUT2D eigenvalue weighted by Gasteiger charge is -2.11. The molecule has 0 heterocycles. The third-order valence-electron chi connectivity index (χ3n) is 2.89. The number of rotatable bonds is 6. The minimum absolute atomic E-state index is 0.873. The second-order valence-corrected chi connectivity index (χ2v) is 5.65. The van der Waals surface area contributed by atoms with Crippen molar-refractivity contribution in [2.24, 2.45) is 0 Å². The van der Waals surface area contributed by atoms with Crippen LogP contribution in [0.15, 0.2) is 23.6 Å². The molecular formula is C13H22S. The van der Waals surface area contributed by atoms with Crippen LogP contribution in [-0.2, 0) is 0 Å². The van der Waals surface area contributed by atoms with Gasteiger partial charge in [0.15, 0.2) is 0 Å². The van der Waals surface area contributed by atoms with Crippen LogP contribution in [0.5, 0.6) is 0 Å². The molecule has 1 aliphatic carbocycles. The molecule has 1 rings (SSSR count). The Balaban J connectivity index is 2.12. The Morgan fingerprint density at radius 1 is 1.21 bits per heavy atom. The molecule has 0 unspecified atom stereocenters. The van der Waals surface area contributed by atoms with Crippen LogP contribution in [0.2, 0.25) is 0 Å². The fraction of sp³-hybridized carbons (Fsp3) is 0.692. The van der Waals surface area contributed by atoms with E-state index in [-0.39, 0.29) is 0 Å². The lowest BCUT2D eigenvalue weighted by atomic mass is 10.1. The van der Waals surface area contributed by atoms with Crippen molar-refractivity contribution in [3.63, 3.8) is 0 Å². The molecule has 0 nitrogen and oxygen atoms in total. The zero-order valence-corrected chi connectivity index (χ0v) is 10.2. The topological polar surface area (TPSA) is 0 Å². The summed E-state index contributed by atoms with van der Waals surface area (Å²) in [6.07, 6.45) is 9.03. The van der Waals surface area contributed by atoms with Crippen LogP contribution in [0.3, 0.4) is 0 Å². The second-order valence-electron chi connectivity index (χ2n) is 4.17. The monoisotopic (exact) mass is 210 g/mol. The minimum atomic E-state index is 0.873. The van der Waals surface area contributed by atoms with Gasteiger partial charge < -0.3 is 0 Å². The Labute approximate surface area is 92.9 Å². The molecule has 0 aromatic carbocycles. The van der Waals surface area contributed by atoms with Gasteiger partial charge in [-0.3, -0.25) is 0 Å². The van der Waals surface area contributed by atoms with Crippen LogP contribution >= 0.6 is 11.8 Å². The van der Waals surface area contributed by atoms with E-state index in [1.54, 1.807) is 0 Å². The van der Waals surface area contributed by atoms with Crippen molar-refractivity contribution in [1.29, 1.82) is 0 Å². The van der Waals surface area contributed by atoms with Crippen LogP contribution in [0, 0.1) is 0 Å². The highest BCUT2D eigenvalue weighted by Gasteiger charge is 2.16. The second kappa shape index (κ2) is 6.34. The van der Waals surface area contributed by atoms with Gasteiger partial charge in [0.25, 0.3) is 0 Å². The van der Waals surface area contributed by atoms with E-state index in [0.717, 1.165) is 24.5 Å². The molecule has 0 saturated heterocycles. The maximum absolute atomic E-state index is 4.15. The van der Waals surface area contributed by atoms with Crippen molar-refractivity contribution in [3.8, 4) is 0 Å². The number of hydrogen-bond donors (Lipinski definition) is 0. The van der Waals surface area contributed by atoms with Crippen molar-refractivity contribution in [3.05, 3.63) is 23.6 Å². The summed E-state index contributed by atoms with van der Waals surface area (Å²) in [6.45, 7) is 10.3. The fourth-order valence-electron chi connectivity index (χ4n) is 1.79. The third-order valence-corrected chi connectivity index (χ3v) is 4.24. The van der Waals surface area contributed by atoms with Gasteiger partial charge in [0, 0.05) is 5.25 Å². The molecule has 0 aromatic heterocycles. The van der Waals surface area contributed by atoms with Crippen molar-refractivity contribution in [1.82, 2.24) is 0 Å². The summed E-state index contributed by atoms with van der Waals surface area (Å²) in [5.41, 5.74) is 1.36. The third kappa shape index (κ3) is 4.36. The van der Waals surface area contributed by atoms with Gasteiger partial charge in [0.05, 0.1) is 0 Å². The molecule has 0 spiro atoms. The first-order valence-corrected chi connectivity index (χ1v) is 6.61. The summed E-state index contributed by atoms with van der Waals surface area (Å²) < 4.78 is 0. The predicted molar refractivity (Wildman–Crippen MR) is 67.7 cm³/mol. The molecule has 1 fully saturated rings. The molecule has 1 aliphatic rings. The lowest BCUT2D eigenvalue weighted by Crippen LogP contribution is -1.94. The van der Waals surface area contributed by atoms with Gasteiger partial charge in [-0.25, -0.2) is 0 Å². The standard InChI is InChI=1S/C13H22S/c1-4-11(2)9-10-12(3)14-13-7-5-6-8-13/h13H,2-10H2,1H3. The number of hydrogen-bond acceptors (Lipinski definition) is 1. The average molecular weight is 210 g/mol. The van der Waals surface area contributed by atoms with Gasteiger partial charge in [-0.2, -0.15) is 0 Å². The normalized spacial score (nSPS) is 17.2. The summed E-state index contributed by atoms with van der Waals surface area (Å²) in [5.74, 6) is 0. The Morgan fingerprint density at radius 2 is 1.86 bits per heavy atom. The lowest BCUT2D eigenvalue weighted by molar-refractivity contribution is 0.886. The van der Waals surface area contributed by atoms with Crippen LogP contribution in [0.4, 0.5) is 0 Å². The summed E-state index contributed by atoms with van der Waals surface area (Å²) >= 11 is 2.02. The molecule has 80 valence electrons. The zero-order valence-electron chi connectivity index (χ0n) is 9.35. The van der Waals surface area contributed by atoms with Crippen molar-refractivity contribution in [2.45, 2.75) is 57.1 Å². The van der Waals surface area contributed by atoms with E-state index in [2.05, 4.69) is 20.1 Å². The first-order chi connectivity index (χ1) is 6.72. The molecule has 0 aromatic rings. The largest absolute Gasteiger partial charge is 0.128 e. The molecule has 0 N–H and O–H groups in total. The minimum Gasteiger partial charge on any atom is -0.128 e. The Kier molecular flexibility index (Phi) is 5.39. The molecule has 0 amide bonds. The molecule has 0 aliphatic heterocycles. The van der Waals surface area contributed by atoms with Gasteiger partial charge in [0.1, 0.15) is 0 Å². The molecule has 14 heavy (non-hydrogen) atoms. The molecular weight excluding hydrogens is 188 g/mol. The van der Waals surface area contributed by atoms with Crippen molar-refractivity contribution >= 4 is 11.8 Å². The average Bonchev–Trinajstić information content (AvgIpc) is 2.66. The van der Waals surface area contributed by atoms with E-state index < -0.39 is 0 Å². The maximum atomic E-state index is 4.15. The maximum Gasteiger partial charge on any atom is 0.00909 e. The highest BCUT2D eigenvalue weighted by Crippen LogP contribution is 2.35. The smallest absolute Gasteiger partial charge is 0.00909 e. The van der Waals surface area contributed by atoms with E-state index in [0.29, 0.717) is 0 Å². The van der Waals surface area contributed by atoms with E-state index in [1.807, 2.05) is 11.8 Å². The Hall–Kier alpha value is -0.170.